The van der Waals surface area contributed by atoms with Gasteiger partial charge in [0.25, 0.3) is 0 Å². The minimum Gasteiger partial charge on any atom is -0.467 e. The molecule has 24 heavy (non-hydrogen) atoms. The van der Waals surface area contributed by atoms with E-state index in [2.05, 4.69) is 15.7 Å². The summed E-state index contributed by atoms with van der Waals surface area (Å²) >= 11 is 17.2. The quantitative estimate of drug-likeness (QED) is 0.645. The second-order valence-electron chi connectivity index (χ2n) is 5.06. The molecule has 0 aliphatic heterocycles. The van der Waals surface area contributed by atoms with Gasteiger partial charge in [-0.05, 0) is 42.0 Å². The monoisotopic (exact) mass is 380 g/mol. The number of benzene rings is 1. The highest BCUT2D eigenvalue weighted by Gasteiger charge is 2.04. The van der Waals surface area contributed by atoms with Gasteiger partial charge in [0.1, 0.15) is 5.76 Å². The van der Waals surface area contributed by atoms with Crippen molar-refractivity contribution >= 4 is 46.2 Å². The maximum Gasteiger partial charge on any atom is 0.171 e. The van der Waals surface area contributed by atoms with Gasteiger partial charge in [-0.1, -0.05) is 29.3 Å². The summed E-state index contributed by atoms with van der Waals surface area (Å²) < 4.78 is 7.02. The second-order valence-corrected chi connectivity index (χ2v) is 6.28. The Morgan fingerprint density at radius 2 is 2.12 bits per heavy atom. The fourth-order valence-corrected chi connectivity index (χ4v) is 2.61. The van der Waals surface area contributed by atoms with Gasteiger partial charge >= 0.3 is 0 Å². The summed E-state index contributed by atoms with van der Waals surface area (Å²) in [4.78, 5) is 0. The molecular weight excluding hydrogens is 367 g/mol. The number of nitrogens with zero attached hydrogens (tertiary/aromatic N) is 2. The lowest BCUT2D eigenvalue weighted by atomic mass is 10.2. The lowest BCUT2D eigenvalue weighted by molar-refractivity contribution is 0.503. The predicted octanol–water partition coefficient (Wildman–Crippen LogP) is 4.32. The molecule has 5 nitrogen and oxygen atoms in total. The van der Waals surface area contributed by atoms with Crippen LogP contribution in [0.1, 0.15) is 11.3 Å². The molecule has 2 heterocycles. The van der Waals surface area contributed by atoms with E-state index in [0.717, 1.165) is 17.0 Å². The Morgan fingerprint density at radius 1 is 1.25 bits per heavy atom. The number of hydrogen-bond acceptors (Lipinski definition) is 3. The molecule has 124 valence electrons. The van der Waals surface area contributed by atoms with Crippen LogP contribution >= 0.6 is 35.4 Å². The Balaban J connectivity index is 1.54. The third-order valence-electron chi connectivity index (χ3n) is 3.22. The first-order valence-corrected chi connectivity index (χ1v) is 8.30. The SMILES string of the molecule is S=C(NCc1ccco1)Nc1cnn(Cc2ccc(Cl)c(Cl)c2)c1. The van der Waals surface area contributed by atoms with Crippen LogP contribution in [0.4, 0.5) is 5.69 Å². The lowest BCUT2D eigenvalue weighted by Crippen LogP contribution is -2.27. The molecule has 2 aromatic heterocycles. The van der Waals surface area contributed by atoms with Crippen molar-refractivity contribution in [2.75, 3.05) is 5.32 Å². The highest BCUT2D eigenvalue weighted by Crippen LogP contribution is 2.23. The van der Waals surface area contributed by atoms with Crippen LogP contribution in [-0.2, 0) is 13.1 Å². The van der Waals surface area contributed by atoms with Gasteiger partial charge in [-0.3, -0.25) is 4.68 Å². The second kappa shape index (κ2) is 7.70. The van der Waals surface area contributed by atoms with Gasteiger partial charge in [0.05, 0.1) is 41.3 Å². The van der Waals surface area contributed by atoms with E-state index < -0.39 is 0 Å². The van der Waals surface area contributed by atoms with E-state index in [9.17, 15) is 0 Å². The smallest absolute Gasteiger partial charge is 0.171 e. The fraction of sp³-hybridized carbons (Fsp3) is 0.125. The molecule has 8 heteroatoms. The topological polar surface area (TPSA) is 55.0 Å². The van der Waals surface area contributed by atoms with Crippen LogP contribution in [-0.4, -0.2) is 14.9 Å². The molecule has 0 saturated carbocycles. The maximum absolute atomic E-state index is 6.02. The van der Waals surface area contributed by atoms with Gasteiger partial charge in [-0.25, -0.2) is 0 Å². The number of nitrogens with one attached hydrogen (secondary N) is 2. The number of halogens is 2. The number of aromatic nitrogens is 2. The van der Waals surface area contributed by atoms with Crippen LogP contribution in [0.15, 0.2) is 53.4 Å². The molecular formula is C16H14Cl2N4OS. The molecule has 0 unspecified atom stereocenters. The van der Waals surface area contributed by atoms with Crippen molar-refractivity contribution in [3.05, 3.63) is 70.4 Å². The van der Waals surface area contributed by atoms with Crippen LogP contribution in [0.5, 0.6) is 0 Å². The number of anilines is 1. The first-order chi connectivity index (χ1) is 11.6. The third kappa shape index (κ3) is 4.50. The predicted molar refractivity (Wildman–Crippen MR) is 99.6 cm³/mol. The minimum absolute atomic E-state index is 0.500. The van der Waals surface area contributed by atoms with Crippen molar-refractivity contribution in [1.29, 1.82) is 0 Å². The molecule has 0 aliphatic rings. The zero-order valence-corrected chi connectivity index (χ0v) is 14.8. The molecule has 0 aliphatic carbocycles. The van der Waals surface area contributed by atoms with E-state index in [1.54, 1.807) is 23.2 Å². The Labute approximate surface area is 154 Å². The van der Waals surface area contributed by atoms with E-state index in [1.165, 1.54) is 0 Å². The van der Waals surface area contributed by atoms with Gasteiger partial charge in [0.2, 0.25) is 0 Å². The number of hydrogen-bond donors (Lipinski definition) is 2. The van der Waals surface area contributed by atoms with Gasteiger partial charge in [-0.15, -0.1) is 0 Å². The minimum atomic E-state index is 0.500. The summed E-state index contributed by atoms with van der Waals surface area (Å²) in [5, 5.41) is 12.0. The van der Waals surface area contributed by atoms with Gasteiger partial charge in [0, 0.05) is 6.20 Å². The van der Waals surface area contributed by atoms with Gasteiger partial charge in [0.15, 0.2) is 5.11 Å². The van der Waals surface area contributed by atoms with E-state index in [-0.39, 0.29) is 0 Å². The third-order valence-corrected chi connectivity index (χ3v) is 4.21. The van der Waals surface area contributed by atoms with Gasteiger partial charge < -0.3 is 15.1 Å². The largest absolute Gasteiger partial charge is 0.467 e. The zero-order chi connectivity index (χ0) is 16.9. The number of thiocarbonyl (C=S) groups is 1. The summed E-state index contributed by atoms with van der Waals surface area (Å²) in [6.45, 7) is 1.11. The molecule has 0 spiro atoms. The number of rotatable bonds is 5. The van der Waals surface area contributed by atoms with Crippen LogP contribution in [0.2, 0.25) is 10.0 Å². The first kappa shape index (κ1) is 16.8. The van der Waals surface area contributed by atoms with Crippen LogP contribution in [0.3, 0.4) is 0 Å². The Morgan fingerprint density at radius 3 is 2.88 bits per heavy atom. The average Bonchev–Trinajstić information content (AvgIpc) is 3.21. The summed E-state index contributed by atoms with van der Waals surface area (Å²) in [7, 11) is 0. The van der Waals surface area contributed by atoms with Crippen molar-refractivity contribution in [2.45, 2.75) is 13.1 Å². The van der Waals surface area contributed by atoms with Crippen molar-refractivity contribution in [1.82, 2.24) is 15.1 Å². The maximum atomic E-state index is 6.02. The molecule has 3 rings (SSSR count). The molecule has 2 N–H and O–H groups in total. The van der Waals surface area contributed by atoms with E-state index >= 15 is 0 Å². The molecule has 0 radical (unpaired) electrons. The Bertz CT molecular complexity index is 832. The van der Waals surface area contributed by atoms with E-state index in [4.69, 9.17) is 39.8 Å². The highest BCUT2D eigenvalue weighted by atomic mass is 35.5. The fourth-order valence-electron chi connectivity index (χ4n) is 2.10. The lowest BCUT2D eigenvalue weighted by Gasteiger charge is -2.07. The summed E-state index contributed by atoms with van der Waals surface area (Å²) in [5.41, 5.74) is 1.81. The molecule has 0 bridgehead atoms. The number of furan rings is 1. The molecule has 0 atom stereocenters. The normalized spacial score (nSPS) is 10.6. The van der Waals surface area contributed by atoms with Crippen LogP contribution < -0.4 is 10.6 Å². The summed E-state index contributed by atoms with van der Waals surface area (Å²) in [5.74, 6) is 0.814. The Kier molecular flexibility index (Phi) is 5.40. The summed E-state index contributed by atoms with van der Waals surface area (Å²) in [6, 6.07) is 9.23. The molecule has 0 amide bonds. The molecule has 3 aromatic rings. The van der Waals surface area contributed by atoms with Crippen molar-refractivity contribution in [3.8, 4) is 0 Å². The van der Waals surface area contributed by atoms with Crippen molar-refractivity contribution in [2.24, 2.45) is 0 Å². The van der Waals surface area contributed by atoms with Crippen LogP contribution in [0, 0.1) is 0 Å². The van der Waals surface area contributed by atoms with Crippen molar-refractivity contribution in [3.63, 3.8) is 0 Å². The van der Waals surface area contributed by atoms with Crippen LogP contribution in [0.25, 0.3) is 0 Å². The average molecular weight is 381 g/mol. The van der Waals surface area contributed by atoms with E-state index in [0.29, 0.717) is 28.2 Å². The zero-order valence-electron chi connectivity index (χ0n) is 12.5. The molecule has 0 saturated heterocycles. The van der Waals surface area contributed by atoms with Crippen molar-refractivity contribution < 1.29 is 4.42 Å². The standard InChI is InChI=1S/C16H14Cl2N4OS/c17-14-4-3-11(6-15(14)18)9-22-10-12(7-20-22)21-16(24)19-8-13-2-1-5-23-13/h1-7,10H,8-9H2,(H2,19,21,24). The summed E-state index contributed by atoms with van der Waals surface area (Å²) in [6.07, 6.45) is 5.20. The van der Waals surface area contributed by atoms with Gasteiger partial charge in [-0.2, -0.15) is 5.10 Å². The van der Waals surface area contributed by atoms with E-state index in [1.807, 2.05) is 30.5 Å². The molecule has 1 aromatic carbocycles. The molecule has 0 fully saturated rings. The highest BCUT2D eigenvalue weighted by molar-refractivity contribution is 7.80. The Hall–Kier alpha value is -2.02. The first-order valence-electron chi connectivity index (χ1n) is 7.14.